The van der Waals surface area contributed by atoms with Gasteiger partial charge in [-0.15, -0.1) is 0 Å². The van der Waals surface area contributed by atoms with Crippen molar-refractivity contribution in [1.82, 2.24) is 4.57 Å². The van der Waals surface area contributed by atoms with Crippen LogP contribution in [0, 0.1) is 0 Å². The van der Waals surface area contributed by atoms with Crippen LogP contribution in [0.4, 0.5) is 0 Å². The SMILES string of the molecule is Cn1cc(-c2ccccc2C(=O)c2ccc(Cl)cc2)c(C(N)CC(=O)OC(C)(C)C)cc1=O. The van der Waals surface area contributed by atoms with Gasteiger partial charge in [0.15, 0.2) is 5.78 Å². The maximum absolute atomic E-state index is 13.3. The summed E-state index contributed by atoms with van der Waals surface area (Å²) in [5, 5.41) is 0.535. The monoisotopic (exact) mass is 466 g/mol. The number of benzene rings is 2. The van der Waals surface area contributed by atoms with Gasteiger partial charge in [0.2, 0.25) is 0 Å². The Labute approximate surface area is 198 Å². The van der Waals surface area contributed by atoms with Crippen LogP contribution in [0.2, 0.25) is 5.02 Å². The number of aromatic nitrogens is 1. The van der Waals surface area contributed by atoms with E-state index in [9.17, 15) is 14.4 Å². The smallest absolute Gasteiger partial charge is 0.308 e. The Kier molecular flexibility index (Phi) is 7.20. The van der Waals surface area contributed by atoms with Crippen LogP contribution in [0.1, 0.15) is 54.7 Å². The third-order valence-corrected chi connectivity index (χ3v) is 5.29. The lowest BCUT2D eigenvalue weighted by molar-refractivity contribution is -0.155. The molecule has 1 atom stereocenters. The van der Waals surface area contributed by atoms with Crippen molar-refractivity contribution >= 4 is 23.4 Å². The van der Waals surface area contributed by atoms with Crippen LogP contribution >= 0.6 is 11.6 Å². The summed E-state index contributed by atoms with van der Waals surface area (Å²) in [5.41, 5.74) is 8.08. The van der Waals surface area contributed by atoms with E-state index in [0.717, 1.165) is 0 Å². The fourth-order valence-corrected chi connectivity index (χ4v) is 3.65. The summed E-state index contributed by atoms with van der Waals surface area (Å²) in [7, 11) is 1.62. The van der Waals surface area contributed by atoms with Crippen molar-refractivity contribution < 1.29 is 14.3 Å². The zero-order valence-corrected chi connectivity index (χ0v) is 19.8. The largest absolute Gasteiger partial charge is 0.460 e. The predicted molar refractivity (Wildman–Crippen MR) is 129 cm³/mol. The van der Waals surface area contributed by atoms with Crippen LogP contribution < -0.4 is 11.3 Å². The molecule has 0 aliphatic carbocycles. The van der Waals surface area contributed by atoms with Crippen molar-refractivity contribution in [1.29, 1.82) is 0 Å². The Bertz CT molecular complexity index is 1240. The average Bonchev–Trinajstić information content (AvgIpc) is 2.74. The number of ketones is 1. The van der Waals surface area contributed by atoms with Crippen LogP contribution in [0.5, 0.6) is 0 Å². The summed E-state index contributed by atoms with van der Waals surface area (Å²) in [6.07, 6.45) is 1.53. The van der Waals surface area contributed by atoms with Crippen LogP contribution in [-0.2, 0) is 16.6 Å². The number of hydrogen-bond donors (Lipinski definition) is 1. The van der Waals surface area contributed by atoms with Gasteiger partial charge in [0, 0.05) is 47.1 Å². The van der Waals surface area contributed by atoms with Crippen molar-refractivity contribution in [2.24, 2.45) is 12.8 Å². The number of carbonyl (C=O) groups excluding carboxylic acids is 2. The Morgan fingerprint density at radius 3 is 2.33 bits per heavy atom. The van der Waals surface area contributed by atoms with Gasteiger partial charge in [0.05, 0.1) is 6.42 Å². The first-order valence-corrected chi connectivity index (χ1v) is 10.9. The first-order valence-electron chi connectivity index (χ1n) is 10.5. The second-order valence-corrected chi connectivity index (χ2v) is 9.31. The van der Waals surface area contributed by atoms with E-state index < -0.39 is 17.6 Å². The number of pyridine rings is 1. The molecule has 0 saturated heterocycles. The minimum Gasteiger partial charge on any atom is -0.460 e. The summed E-state index contributed by atoms with van der Waals surface area (Å²) in [5.74, 6) is -0.657. The minimum absolute atomic E-state index is 0.106. The van der Waals surface area contributed by atoms with E-state index in [0.29, 0.717) is 32.8 Å². The van der Waals surface area contributed by atoms with Crippen molar-refractivity contribution in [3.63, 3.8) is 0 Å². The zero-order chi connectivity index (χ0) is 24.3. The highest BCUT2D eigenvalue weighted by Crippen LogP contribution is 2.32. The molecular formula is C26H27ClN2O4. The molecule has 2 N–H and O–H groups in total. The fourth-order valence-electron chi connectivity index (χ4n) is 3.52. The lowest BCUT2D eigenvalue weighted by Gasteiger charge is -2.22. The van der Waals surface area contributed by atoms with Crippen molar-refractivity contribution in [2.45, 2.75) is 38.8 Å². The van der Waals surface area contributed by atoms with Gasteiger partial charge in [0.1, 0.15) is 5.60 Å². The molecule has 7 heteroatoms. The van der Waals surface area contributed by atoms with E-state index in [-0.39, 0.29) is 17.8 Å². The molecule has 1 aromatic heterocycles. The lowest BCUT2D eigenvalue weighted by Crippen LogP contribution is -2.28. The molecule has 0 spiro atoms. The quantitative estimate of drug-likeness (QED) is 0.421. The van der Waals surface area contributed by atoms with E-state index >= 15 is 0 Å². The van der Waals surface area contributed by atoms with Gasteiger partial charge in [-0.2, -0.15) is 0 Å². The van der Waals surface area contributed by atoms with Crippen molar-refractivity contribution in [3.8, 4) is 11.1 Å². The van der Waals surface area contributed by atoms with E-state index in [4.69, 9.17) is 22.1 Å². The maximum atomic E-state index is 13.3. The number of nitrogens with two attached hydrogens (primary N) is 1. The molecule has 6 nitrogen and oxygen atoms in total. The van der Waals surface area contributed by atoms with Crippen LogP contribution in [-0.4, -0.2) is 21.9 Å². The summed E-state index contributed by atoms with van der Waals surface area (Å²) >= 11 is 5.96. The molecule has 172 valence electrons. The second kappa shape index (κ2) is 9.73. The van der Waals surface area contributed by atoms with E-state index in [1.807, 2.05) is 6.07 Å². The lowest BCUT2D eigenvalue weighted by atomic mass is 9.89. The first-order chi connectivity index (χ1) is 15.5. The maximum Gasteiger partial charge on any atom is 0.308 e. The predicted octanol–water partition coefficient (Wildman–Crippen LogP) is 4.67. The number of hydrogen-bond acceptors (Lipinski definition) is 5. The van der Waals surface area contributed by atoms with Gasteiger partial charge in [0.25, 0.3) is 5.56 Å². The molecule has 0 saturated carbocycles. The van der Waals surface area contributed by atoms with Gasteiger partial charge in [-0.3, -0.25) is 14.4 Å². The summed E-state index contributed by atoms with van der Waals surface area (Å²) < 4.78 is 6.81. The molecule has 0 radical (unpaired) electrons. The van der Waals surface area contributed by atoms with E-state index in [1.54, 1.807) is 76.5 Å². The number of ether oxygens (including phenoxy) is 1. The van der Waals surface area contributed by atoms with Gasteiger partial charge in [-0.05, 0) is 56.2 Å². The highest BCUT2D eigenvalue weighted by atomic mass is 35.5. The van der Waals surface area contributed by atoms with Crippen molar-refractivity contribution in [3.05, 3.63) is 92.9 Å². The normalized spacial score (nSPS) is 12.3. The molecule has 1 unspecified atom stereocenters. The first kappa shape index (κ1) is 24.4. The van der Waals surface area contributed by atoms with Crippen LogP contribution in [0.3, 0.4) is 0 Å². The number of aryl methyl sites for hydroxylation is 1. The van der Waals surface area contributed by atoms with E-state index in [1.165, 1.54) is 10.6 Å². The van der Waals surface area contributed by atoms with Gasteiger partial charge in [-0.1, -0.05) is 35.9 Å². The van der Waals surface area contributed by atoms with Crippen molar-refractivity contribution in [2.75, 3.05) is 0 Å². The Morgan fingerprint density at radius 1 is 1.06 bits per heavy atom. The number of esters is 1. The van der Waals surface area contributed by atoms with Gasteiger partial charge in [-0.25, -0.2) is 0 Å². The third kappa shape index (κ3) is 5.97. The molecule has 0 aliphatic rings. The summed E-state index contributed by atoms with van der Waals surface area (Å²) in [4.78, 5) is 38.1. The van der Waals surface area contributed by atoms with Gasteiger partial charge >= 0.3 is 5.97 Å². The molecule has 1 heterocycles. The highest BCUT2D eigenvalue weighted by molar-refractivity contribution is 6.30. The summed E-state index contributed by atoms with van der Waals surface area (Å²) in [6, 6.07) is 14.4. The Balaban J connectivity index is 2.08. The average molecular weight is 467 g/mol. The highest BCUT2D eigenvalue weighted by Gasteiger charge is 2.24. The molecule has 0 bridgehead atoms. The molecule has 0 fully saturated rings. The molecule has 0 aliphatic heterocycles. The second-order valence-electron chi connectivity index (χ2n) is 8.87. The molecule has 2 aromatic carbocycles. The summed E-state index contributed by atoms with van der Waals surface area (Å²) in [6.45, 7) is 5.33. The Hall–Kier alpha value is -3.22. The molecular weight excluding hydrogens is 440 g/mol. The standard InChI is InChI=1S/C26H27ClN2O4/c1-26(2,3)33-24(31)14-22(28)20-13-23(30)29(4)15-21(20)18-7-5-6-8-19(18)25(32)16-9-11-17(27)12-10-16/h5-13,15,22H,14,28H2,1-4H3. The number of nitrogens with zero attached hydrogens (tertiary/aromatic N) is 1. The Morgan fingerprint density at radius 2 is 1.70 bits per heavy atom. The third-order valence-electron chi connectivity index (χ3n) is 5.03. The molecule has 33 heavy (non-hydrogen) atoms. The number of halogens is 1. The molecule has 0 amide bonds. The number of rotatable bonds is 6. The van der Waals surface area contributed by atoms with Crippen LogP contribution in [0.25, 0.3) is 11.1 Å². The van der Waals surface area contributed by atoms with E-state index in [2.05, 4.69) is 0 Å². The van der Waals surface area contributed by atoms with Gasteiger partial charge < -0.3 is 15.0 Å². The topological polar surface area (TPSA) is 91.4 Å². The molecule has 3 rings (SSSR count). The fraction of sp³-hybridized carbons (Fsp3) is 0.269. The minimum atomic E-state index is -0.789. The van der Waals surface area contributed by atoms with Crippen LogP contribution in [0.15, 0.2) is 65.6 Å². The zero-order valence-electron chi connectivity index (χ0n) is 19.1. The number of carbonyl (C=O) groups is 2. The molecule has 3 aromatic rings.